The molecule has 68 heavy (non-hydrogen) atoms. The van der Waals surface area contributed by atoms with Gasteiger partial charge in [-0.05, 0) is 61.2 Å². The zero-order chi connectivity index (χ0) is 48.4. The van der Waals surface area contributed by atoms with Gasteiger partial charge in [0.15, 0.2) is 6.79 Å². The molecule has 0 aliphatic carbocycles. The smallest absolute Gasteiger partial charge is 0.188 e. The van der Waals surface area contributed by atoms with Gasteiger partial charge in [-0.25, -0.2) is 15.0 Å². The highest BCUT2D eigenvalue weighted by Gasteiger charge is 2.06. The SMILES string of the molecule is CCCCCCCCCCC#Cc1cc(OCCCCCCCC)cc(C#Cc2cc(OCOC)cc(C#Cc3cc(OCCCCCCCC)cc(C#CCCCCCCCCCC)n3)n2)n1. The molecule has 0 saturated carbocycles. The molecule has 3 rings (SSSR count). The molecule has 3 aromatic rings. The average molecular weight is 926 g/mol. The number of unbranched alkanes of at least 4 members (excludes halogenated alkanes) is 26. The molecule has 0 aromatic carbocycles. The predicted octanol–water partition coefficient (Wildman–Crippen LogP) is 15.9. The second-order valence-corrected chi connectivity index (χ2v) is 18.1. The summed E-state index contributed by atoms with van der Waals surface area (Å²) in [6.07, 6.45) is 36.5. The van der Waals surface area contributed by atoms with Crippen LogP contribution in [0, 0.1) is 47.4 Å². The summed E-state index contributed by atoms with van der Waals surface area (Å²) >= 11 is 0. The van der Waals surface area contributed by atoms with Crippen molar-refractivity contribution in [1.29, 1.82) is 0 Å². The summed E-state index contributed by atoms with van der Waals surface area (Å²) in [7, 11) is 1.59. The molecule has 7 heteroatoms. The Balaban J connectivity index is 1.84. The first-order valence-corrected chi connectivity index (χ1v) is 27.0. The molecule has 370 valence electrons. The van der Waals surface area contributed by atoms with Gasteiger partial charge < -0.3 is 18.9 Å². The van der Waals surface area contributed by atoms with E-state index in [9.17, 15) is 0 Å². The van der Waals surface area contributed by atoms with Crippen molar-refractivity contribution in [3.63, 3.8) is 0 Å². The lowest BCUT2D eigenvalue weighted by Crippen LogP contribution is -2.01. The Labute approximate surface area is 414 Å². The van der Waals surface area contributed by atoms with Crippen LogP contribution in [0.2, 0.25) is 0 Å². The zero-order valence-electron chi connectivity index (χ0n) is 43.3. The molecular formula is C61H87N3O4. The predicted molar refractivity (Wildman–Crippen MR) is 283 cm³/mol. The third-order valence-corrected chi connectivity index (χ3v) is 11.7. The Morgan fingerprint density at radius 1 is 0.324 bits per heavy atom. The molecule has 0 bridgehead atoms. The fourth-order valence-corrected chi connectivity index (χ4v) is 7.68. The number of aromatic nitrogens is 3. The second kappa shape index (κ2) is 40.0. The molecule has 0 amide bonds. The molecule has 7 nitrogen and oxygen atoms in total. The van der Waals surface area contributed by atoms with Gasteiger partial charge in [-0.15, -0.1) is 0 Å². The number of hydrogen-bond acceptors (Lipinski definition) is 7. The van der Waals surface area contributed by atoms with Crippen molar-refractivity contribution in [2.45, 2.75) is 220 Å². The van der Waals surface area contributed by atoms with E-state index < -0.39 is 0 Å². The number of nitrogens with zero attached hydrogens (tertiary/aromatic N) is 3. The van der Waals surface area contributed by atoms with Gasteiger partial charge in [0.05, 0.1) is 13.2 Å². The van der Waals surface area contributed by atoms with Crippen molar-refractivity contribution in [3.05, 3.63) is 70.6 Å². The first kappa shape index (κ1) is 57.4. The lowest BCUT2D eigenvalue weighted by Gasteiger charge is -2.07. The standard InChI is InChI=1S/C61H87N3O4/c1-6-10-14-18-22-24-26-28-30-34-38-53-46-59(66-44-36-32-20-16-12-8-3)48-55(62-53)40-42-57-50-61(68-52-65-5)51-58(64-57)43-41-56-49-60(67-45-37-33-21-17-13-9-4)47-54(63-56)39-35-31-29-27-25-23-19-15-11-7-2/h46-51H,6-33,36-37,44-45,52H2,1-5H3. The average Bonchev–Trinajstić information content (AvgIpc) is 3.35. The first-order valence-electron chi connectivity index (χ1n) is 27.0. The van der Waals surface area contributed by atoms with Crippen LogP contribution in [0.15, 0.2) is 36.4 Å². The summed E-state index contributed by atoms with van der Waals surface area (Å²) in [6, 6.07) is 11.2. The molecule has 0 unspecified atom stereocenters. The van der Waals surface area contributed by atoms with Gasteiger partial charge in [0.1, 0.15) is 51.4 Å². The number of methoxy groups -OCH3 is 1. The minimum atomic E-state index is 0.0742. The minimum absolute atomic E-state index is 0.0742. The molecule has 0 saturated heterocycles. The number of pyridine rings is 3. The maximum absolute atomic E-state index is 6.25. The highest BCUT2D eigenvalue weighted by molar-refractivity contribution is 5.49. The molecule has 3 aromatic heterocycles. The Morgan fingerprint density at radius 2 is 0.588 bits per heavy atom. The van der Waals surface area contributed by atoms with Crippen molar-refractivity contribution in [2.24, 2.45) is 0 Å². The van der Waals surface area contributed by atoms with Crippen LogP contribution in [0.3, 0.4) is 0 Å². The maximum Gasteiger partial charge on any atom is 0.188 e. The number of hydrogen-bond donors (Lipinski definition) is 0. The lowest BCUT2D eigenvalue weighted by atomic mass is 10.1. The van der Waals surface area contributed by atoms with Crippen LogP contribution in [-0.4, -0.2) is 42.1 Å². The quantitative estimate of drug-likeness (QED) is 0.0330. The second-order valence-electron chi connectivity index (χ2n) is 18.1. The molecule has 0 aliphatic heterocycles. The van der Waals surface area contributed by atoms with E-state index in [-0.39, 0.29) is 6.79 Å². The van der Waals surface area contributed by atoms with Crippen LogP contribution in [0.25, 0.3) is 0 Å². The third-order valence-electron chi connectivity index (χ3n) is 11.7. The van der Waals surface area contributed by atoms with Gasteiger partial charge in [-0.1, -0.05) is 194 Å². The fraction of sp³-hybridized carbons (Fsp3) is 0.623. The molecular weight excluding hydrogens is 839 g/mol. The van der Waals surface area contributed by atoms with E-state index >= 15 is 0 Å². The number of rotatable bonds is 35. The van der Waals surface area contributed by atoms with Crippen LogP contribution >= 0.6 is 0 Å². The molecule has 0 atom stereocenters. The highest BCUT2D eigenvalue weighted by Crippen LogP contribution is 2.19. The summed E-state index contributed by atoms with van der Waals surface area (Å²) in [5.41, 5.74) is 3.43. The summed E-state index contributed by atoms with van der Waals surface area (Å²) in [5, 5.41) is 0. The van der Waals surface area contributed by atoms with Gasteiger partial charge in [0, 0.05) is 56.3 Å². The van der Waals surface area contributed by atoms with E-state index in [1.807, 2.05) is 24.3 Å². The summed E-state index contributed by atoms with van der Waals surface area (Å²) in [6.45, 7) is 10.4. The van der Waals surface area contributed by atoms with E-state index in [1.54, 1.807) is 19.2 Å². The van der Waals surface area contributed by atoms with E-state index in [1.165, 1.54) is 141 Å². The lowest BCUT2D eigenvalue weighted by molar-refractivity contribution is 0.0510. The maximum atomic E-state index is 6.25. The molecule has 0 N–H and O–H groups in total. The molecule has 0 spiro atoms. The summed E-state index contributed by atoms with van der Waals surface area (Å²) < 4.78 is 23.6. The van der Waals surface area contributed by atoms with Gasteiger partial charge in [0.25, 0.3) is 0 Å². The van der Waals surface area contributed by atoms with E-state index in [0.717, 1.165) is 62.9 Å². The van der Waals surface area contributed by atoms with Crippen LogP contribution < -0.4 is 14.2 Å². The third kappa shape index (κ3) is 29.1. The Morgan fingerprint density at radius 3 is 0.897 bits per heavy atom. The Hall–Kier alpha value is -4.95. The summed E-state index contributed by atoms with van der Waals surface area (Å²) in [4.78, 5) is 14.5. The van der Waals surface area contributed by atoms with Gasteiger partial charge in [0.2, 0.25) is 0 Å². The normalized spacial score (nSPS) is 10.5. The van der Waals surface area contributed by atoms with Gasteiger partial charge >= 0.3 is 0 Å². The van der Waals surface area contributed by atoms with E-state index in [4.69, 9.17) is 33.9 Å². The summed E-state index contributed by atoms with van der Waals surface area (Å²) in [5.74, 6) is 28.2. The minimum Gasteiger partial charge on any atom is -0.493 e. The van der Waals surface area contributed by atoms with Crippen molar-refractivity contribution in [2.75, 3.05) is 27.1 Å². The van der Waals surface area contributed by atoms with Gasteiger partial charge in [-0.2, -0.15) is 0 Å². The van der Waals surface area contributed by atoms with Crippen molar-refractivity contribution in [1.82, 2.24) is 15.0 Å². The van der Waals surface area contributed by atoms with Crippen molar-refractivity contribution >= 4 is 0 Å². The van der Waals surface area contributed by atoms with Crippen LogP contribution in [0.4, 0.5) is 0 Å². The van der Waals surface area contributed by atoms with Crippen molar-refractivity contribution < 1.29 is 18.9 Å². The van der Waals surface area contributed by atoms with E-state index in [0.29, 0.717) is 53.1 Å². The van der Waals surface area contributed by atoms with Crippen LogP contribution in [0.5, 0.6) is 17.2 Å². The Kier molecular flexibility index (Phi) is 33.7. The first-order chi connectivity index (χ1) is 33.6. The van der Waals surface area contributed by atoms with Crippen LogP contribution in [-0.2, 0) is 4.74 Å². The Bertz CT molecular complexity index is 1910. The topological polar surface area (TPSA) is 75.6 Å². The molecule has 0 fully saturated rings. The largest absolute Gasteiger partial charge is 0.493 e. The zero-order valence-corrected chi connectivity index (χ0v) is 43.3. The molecule has 0 aliphatic rings. The number of ether oxygens (including phenoxy) is 4. The highest BCUT2D eigenvalue weighted by atomic mass is 16.7. The van der Waals surface area contributed by atoms with E-state index in [2.05, 4.69) is 75.1 Å². The van der Waals surface area contributed by atoms with Crippen LogP contribution in [0.1, 0.15) is 254 Å². The van der Waals surface area contributed by atoms with Crippen molar-refractivity contribution in [3.8, 4) is 64.6 Å². The molecule has 0 radical (unpaired) electrons. The monoisotopic (exact) mass is 926 g/mol. The fourth-order valence-electron chi connectivity index (χ4n) is 7.68. The molecule has 3 heterocycles. The van der Waals surface area contributed by atoms with Gasteiger partial charge in [-0.3, -0.25) is 0 Å².